The van der Waals surface area contributed by atoms with Gasteiger partial charge in [-0.1, -0.05) is 42.5 Å². The highest BCUT2D eigenvalue weighted by molar-refractivity contribution is 6.09. The van der Waals surface area contributed by atoms with Gasteiger partial charge in [-0.05, 0) is 48.4 Å². The van der Waals surface area contributed by atoms with E-state index in [1.54, 1.807) is 11.0 Å². The minimum absolute atomic E-state index is 0.134. The Hall–Kier alpha value is -4.13. The lowest BCUT2D eigenvalue weighted by atomic mass is 9.99. The molecule has 7 heteroatoms. The van der Waals surface area contributed by atoms with Crippen molar-refractivity contribution in [3.63, 3.8) is 0 Å². The number of rotatable bonds is 4. The van der Waals surface area contributed by atoms with Crippen LogP contribution in [0.5, 0.6) is 0 Å². The molecule has 1 aliphatic heterocycles. The number of carbonyl (C=O) groups excluding carboxylic acids is 1. The summed E-state index contributed by atoms with van der Waals surface area (Å²) in [6, 6.07) is 22.4. The minimum Gasteiger partial charge on any atom is -0.465 e. The molecular weight excluding hydrogens is 445 g/mol. The zero-order chi connectivity index (χ0) is 24.5. The maximum Gasteiger partial charge on any atom is 0.407 e. The summed E-state index contributed by atoms with van der Waals surface area (Å²) in [7, 11) is 0. The fourth-order valence-electron chi connectivity index (χ4n) is 4.84. The molecule has 0 unspecified atom stereocenters. The molecule has 1 saturated heterocycles. The smallest absolute Gasteiger partial charge is 0.407 e. The zero-order valence-corrected chi connectivity index (χ0v) is 19.4. The van der Waals surface area contributed by atoms with E-state index in [2.05, 4.69) is 4.57 Å². The van der Waals surface area contributed by atoms with Crippen molar-refractivity contribution in [1.82, 2.24) is 14.4 Å². The Labute approximate surface area is 202 Å². The molecule has 4 aromatic rings. The van der Waals surface area contributed by atoms with Crippen LogP contribution in [0.3, 0.4) is 0 Å². The molecular formula is C28H26FN3O3. The first-order chi connectivity index (χ1) is 16.9. The molecule has 35 heavy (non-hydrogen) atoms. The molecule has 0 bridgehead atoms. The van der Waals surface area contributed by atoms with Gasteiger partial charge in [0, 0.05) is 49.4 Å². The number of benzene rings is 3. The predicted octanol–water partition coefficient (Wildman–Crippen LogP) is 5.10. The van der Waals surface area contributed by atoms with Gasteiger partial charge in [0.05, 0.1) is 11.1 Å². The van der Waals surface area contributed by atoms with Gasteiger partial charge in [-0.3, -0.25) is 4.79 Å². The molecule has 0 saturated carbocycles. The normalized spacial score (nSPS) is 13.9. The van der Waals surface area contributed by atoms with Gasteiger partial charge in [-0.25, -0.2) is 9.18 Å². The summed E-state index contributed by atoms with van der Waals surface area (Å²) >= 11 is 0. The maximum absolute atomic E-state index is 14.2. The van der Waals surface area contributed by atoms with E-state index in [1.165, 1.54) is 17.0 Å². The molecule has 1 aliphatic rings. The van der Waals surface area contributed by atoms with Crippen LogP contribution in [-0.2, 0) is 6.42 Å². The number of para-hydroxylation sites is 2. The molecule has 2 amide bonds. The molecule has 6 nitrogen and oxygen atoms in total. The van der Waals surface area contributed by atoms with Gasteiger partial charge in [0.2, 0.25) is 0 Å². The maximum atomic E-state index is 14.2. The van der Waals surface area contributed by atoms with Gasteiger partial charge < -0.3 is 19.5 Å². The van der Waals surface area contributed by atoms with Gasteiger partial charge in [-0.15, -0.1) is 0 Å². The fourth-order valence-corrected chi connectivity index (χ4v) is 4.84. The first-order valence-electron chi connectivity index (χ1n) is 11.6. The fraction of sp³-hybridized carbons (Fsp3) is 0.214. The first-order valence-corrected chi connectivity index (χ1v) is 11.6. The molecule has 5 rings (SSSR count). The largest absolute Gasteiger partial charge is 0.465 e. The predicted molar refractivity (Wildman–Crippen MR) is 133 cm³/mol. The zero-order valence-electron chi connectivity index (χ0n) is 19.4. The number of amides is 2. The number of nitrogens with zero attached hydrogens (tertiary/aromatic N) is 3. The first kappa shape index (κ1) is 22.7. The third kappa shape index (κ3) is 4.25. The SMILES string of the molecule is Cc1ccc(F)cc1Cc1c(C(=O)N2CCN(C(=O)O)CC2)c2ccccc2n1-c1ccccc1. The van der Waals surface area contributed by atoms with Gasteiger partial charge in [0.15, 0.2) is 0 Å². The molecule has 3 aromatic carbocycles. The van der Waals surface area contributed by atoms with Gasteiger partial charge in [0.1, 0.15) is 5.82 Å². The molecule has 1 N–H and O–H groups in total. The average Bonchev–Trinajstić information content (AvgIpc) is 3.20. The van der Waals surface area contributed by atoms with Crippen molar-refractivity contribution in [2.24, 2.45) is 0 Å². The monoisotopic (exact) mass is 471 g/mol. The number of hydrogen-bond donors (Lipinski definition) is 1. The summed E-state index contributed by atoms with van der Waals surface area (Å²) in [6.07, 6.45) is -0.594. The van der Waals surface area contributed by atoms with Crippen LogP contribution in [0.1, 0.15) is 27.2 Å². The highest BCUT2D eigenvalue weighted by atomic mass is 19.1. The molecule has 1 fully saturated rings. The number of carboxylic acid groups (broad SMARTS) is 1. The Morgan fingerprint density at radius 2 is 1.54 bits per heavy atom. The lowest BCUT2D eigenvalue weighted by molar-refractivity contribution is 0.0625. The average molecular weight is 472 g/mol. The van der Waals surface area contributed by atoms with Crippen molar-refractivity contribution in [1.29, 1.82) is 0 Å². The number of carbonyl (C=O) groups is 2. The number of aromatic nitrogens is 1. The second-order valence-electron chi connectivity index (χ2n) is 8.82. The van der Waals surface area contributed by atoms with E-state index in [-0.39, 0.29) is 24.8 Å². The van der Waals surface area contributed by atoms with Crippen molar-refractivity contribution in [3.8, 4) is 5.69 Å². The Morgan fingerprint density at radius 1 is 0.886 bits per heavy atom. The van der Waals surface area contributed by atoms with E-state index in [4.69, 9.17) is 0 Å². The lowest BCUT2D eigenvalue weighted by Gasteiger charge is -2.33. The summed E-state index contributed by atoms with van der Waals surface area (Å²) in [6.45, 7) is 3.15. The van der Waals surface area contributed by atoms with Crippen molar-refractivity contribution in [3.05, 3.63) is 101 Å². The van der Waals surface area contributed by atoms with E-state index in [1.807, 2.05) is 61.5 Å². The number of piperazine rings is 1. The molecule has 178 valence electrons. The van der Waals surface area contributed by atoms with E-state index in [0.29, 0.717) is 25.1 Å². The van der Waals surface area contributed by atoms with Crippen LogP contribution in [0.4, 0.5) is 9.18 Å². The Kier molecular flexibility index (Phi) is 5.99. The van der Waals surface area contributed by atoms with Gasteiger partial charge >= 0.3 is 6.09 Å². The number of aryl methyl sites for hydroxylation is 1. The molecule has 0 spiro atoms. The van der Waals surface area contributed by atoms with Gasteiger partial charge in [0.25, 0.3) is 5.91 Å². The van der Waals surface area contributed by atoms with Crippen LogP contribution >= 0.6 is 0 Å². The third-order valence-electron chi connectivity index (χ3n) is 6.71. The van der Waals surface area contributed by atoms with Crippen LogP contribution in [0.15, 0.2) is 72.8 Å². The van der Waals surface area contributed by atoms with Crippen molar-refractivity contribution < 1.29 is 19.1 Å². The molecule has 1 aromatic heterocycles. The summed E-state index contributed by atoms with van der Waals surface area (Å²) in [5, 5.41) is 10.1. The van der Waals surface area contributed by atoms with E-state index in [0.717, 1.165) is 33.4 Å². The summed E-state index contributed by atoms with van der Waals surface area (Å²) in [5.74, 6) is -0.449. The quantitative estimate of drug-likeness (QED) is 0.450. The highest BCUT2D eigenvalue weighted by Gasteiger charge is 2.30. The lowest BCUT2D eigenvalue weighted by Crippen LogP contribution is -2.50. The van der Waals surface area contributed by atoms with Crippen LogP contribution < -0.4 is 0 Å². The summed E-state index contributed by atoms with van der Waals surface area (Å²) in [4.78, 5) is 28.4. The number of fused-ring (bicyclic) bond motifs is 1. The topological polar surface area (TPSA) is 65.8 Å². The third-order valence-corrected chi connectivity index (χ3v) is 6.71. The van der Waals surface area contributed by atoms with Crippen molar-refractivity contribution >= 4 is 22.9 Å². The van der Waals surface area contributed by atoms with Crippen LogP contribution in [0.25, 0.3) is 16.6 Å². The number of halogens is 1. The summed E-state index contributed by atoms with van der Waals surface area (Å²) < 4.78 is 16.3. The second-order valence-corrected chi connectivity index (χ2v) is 8.82. The van der Waals surface area contributed by atoms with Crippen molar-refractivity contribution in [2.45, 2.75) is 13.3 Å². The Morgan fingerprint density at radius 3 is 2.26 bits per heavy atom. The Bertz CT molecular complexity index is 1410. The van der Waals surface area contributed by atoms with Crippen LogP contribution in [-0.4, -0.2) is 57.7 Å². The van der Waals surface area contributed by atoms with E-state index >= 15 is 0 Å². The minimum atomic E-state index is -0.972. The number of hydrogen-bond acceptors (Lipinski definition) is 2. The Balaban J connectivity index is 1.68. The van der Waals surface area contributed by atoms with Crippen LogP contribution in [0, 0.1) is 12.7 Å². The van der Waals surface area contributed by atoms with Crippen molar-refractivity contribution in [2.75, 3.05) is 26.2 Å². The second kappa shape index (κ2) is 9.25. The van der Waals surface area contributed by atoms with E-state index < -0.39 is 6.09 Å². The summed E-state index contributed by atoms with van der Waals surface area (Å²) in [5.41, 5.74) is 4.95. The molecule has 0 radical (unpaired) electrons. The standard InChI is InChI=1S/C28H26FN3O3/c1-19-11-12-21(29)17-20(19)18-25-26(27(33)30-13-15-31(16-14-30)28(34)35)23-9-5-6-10-24(23)32(25)22-7-3-2-4-8-22/h2-12,17H,13-16,18H2,1H3,(H,34,35). The van der Waals surface area contributed by atoms with Crippen LogP contribution in [0.2, 0.25) is 0 Å². The van der Waals surface area contributed by atoms with Gasteiger partial charge in [-0.2, -0.15) is 0 Å². The molecule has 0 aliphatic carbocycles. The highest BCUT2D eigenvalue weighted by Crippen LogP contribution is 2.33. The van der Waals surface area contributed by atoms with E-state index in [9.17, 15) is 19.1 Å². The molecule has 2 heterocycles. The molecule has 0 atom stereocenters.